The first-order chi connectivity index (χ1) is 15.7. The van der Waals surface area contributed by atoms with E-state index in [0.29, 0.717) is 6.54 Å². The summed E-state index contributed by atoms with van der Waals surface area (Å²) in [6.45, 7) is 5.47. The fourth-order valence-electron chi connectivity index (χ4n) is 3.83. The van der Waals surface area contributed by atoms with E-state index >= 15 is 0 Å². The summed E-state index contributed by atoms with van der Waals surface area (Å²) in [5.41, 5.74) is 4.23. The number of hydrogen-bond acceptors (Lipinski definition) is 5. The molecule has 1 fully saturated rings. The second-order valence-corrected chi connectivity index (χ2v) is 9.62. The van der Waals surface area contributed by atoms with Gasteiger partial charge in [-0.3, -0.25) is 9.69 Å². The largest absolute Gasteiger partial charge is 0.334 e. The Morgan fingerprint density at radius 2 is 1.56 bits per heavy atom. The number of fused-ring (bicyclic) bond motifs is 1. The zero-order valence-electron chi connectivity index (χ0n) is 18.0. The van der Waals surface area contributed by atoms with Crippen molar-refractivity contribution in [3.63, 3.8) is 0 Å². The van der Waals surface area contributed by atoms with Crippen LogP contribution in [0, 0.1) is 6.92 Å². The zero-order valence-corrected chi connectivity index (χ0v) is 19.6. The van der Waals surface area contributed by atoms with Crippen LogP contribution in [0.25, 0.3) is 0 Å². The molecule has 0 aromatic heterocycles. The van der Waals surface area contributed by atoms with Crippen LogP contribution in [-0.4, -0.2) is 22.5 Å². The molecular formula is C26H23N3OS2. The Morgan fingerprint density at radius 1 is 0.844 bits per heavy atom. The number of benzene rings is 3. The molecule has 1 saturated heterocycles. The molecule has 3 aromatic carbocycles. The standard InChI is InChI=1S/C26H23N3OS2/c1-3-28-21-15-9-10-16-22(21)31-25(28)23-24(30)29(17-19-12-5-4-6-13-19)26(32-23)27-20-14-8-7-11-18(20)2/h4-16H,3,17H2,1-2H3/b25-23-,27-26?. The van der Waals surface area contributed by atoms with Gasteiger partial charge in [0.25, 0.3) is 5.91 Å². The van der Waals surface area contributed by atoms with Crippen LogP contribution in [0.1, 0.15) is 18.1 Å². The van der Waals surface area contributed by atoms with Crippen molar-refractivity contribution >= 4 is 46.0 Å². The average Bonchev–Trinajstić information content (AvgIpc) is 3.33. The molecule has 0 unspecified atom stereocenters. The summed E-state index contributed by atoms with van der Waals surface area (Å²) < 4.78 is 0. The molecule has 0 spiro atoms. The summed E-state index contributed by atoms with van der Waals surface area (Å²) in [7, 11) is 0. The van der Waals surface area contributed by atoms with Crippen LogP contribution >= 0.6 is 23.5 Å². The van der Waals surface area contributed by atoms with Crippen LogP contribution in [0.4, 0.5) is 11.4 Å². The van der Waals surface area contributed by atoms with E-state index in [4.69, 9.17) is 4.99 Å². The minimum absolute atomic E-state index is 0.0138. The molecule has 6 heteroatoms. The molecular weight excluding hydrogens is 434 g/mol. The lowest BCUT2D eigenvalue weighted by molar-refractivity contribution is -0.122. The van der Waals surface area contributed by atoms with Gasteiger partial charge in [0.1, 0.15) is 9.93 Å². The summed E-state index contributed by atoms with van der Waals surface area (Å²) in [5.74, 6) is 0.0138. The molecule has 0 bridgehead atoms. The Morgan fingerprint density at radius 3 is 2.34 bits per heavy atom. The molecule has 3 aromatic rings. The first-order valence-electron chi connectivity index (χ1n) is 10.6. The summed E-state index contributed by atoms with van der Waals surface area (Å²) in [6.07, 6.45) is 0. The van der Waals surface area contributed by atoms with Gasteiger partial charge in [-0.2, -0.15) is 0 Å². The number of amidine groups is 1. The Labute approximate surface area is 197 Å². The molecule has 2 heterocycles. The van der Waals surface area contributed by atoms with Crippen molar-refractivity contribution in [1.82, 2.24) is 4.90 Å². The van der Waals surface area contributed by atoms with Crippen molar-refractivity contribution in [3.05, 3.63) is 99.9 Å². The minimum atomic E-state index is 0.0138. The second-order valence-electron chi connectivity index (χ2n) is 7.61. The molecule has 2 aliphatic heterocycles. The normalized spacial score (nSPS) is 19.2. The first kappa shape index (κ1) is 20.9. The van der Waals surface area contributed by atoms with E-state index < -0.39 is 0 Å². The minimum Gasteiger partial charge on any atom is -0.334 e. The van der Waals surface area contributed by atoms with Crippen molar-refractivity contribution in [2.75, 3.05) is 11.4 Å². The van der Waals surface area contributed by atoms with Gasteiger partial charge in [-0.1, -0.05) is 72.4 Å². The lowest BCUT2D eigenvalue weighted by Crippen LogP contribution is -2.29. The number of amides is 1. The van der Waals surface area contributed by atoms with Gasteiger partial charge in [0.05, 0.1) is 17.9 Å². The molecule has 0 radical (unpaired) electrons. The Hall–Kier alpha value is -2.96. The fourth-order valence-corrected chi connectivity index (χ4v) is 6.22. The van der Waals surface area contributed by atoms with Crippen LogP contribution in [0.3, 0.4) is 0 Å². The van der Waals surface area contributed by atoms with Crippen LogP contribution in [0.5, 0.6) is 0 Å². The van der Waals surface area contributed by atoms with Crippen molar-refractivity contribution in [3.8, 4) is 0 Å². The second kappa shape index (κ2) is 8.88. The third-order valence-electron chi connectivity index (χ3n) is 5.50. The molecule has 0 atom stereocenters. The maximum Gasteiger partial charge on any atom is 0.269 e. The molecule has 2 aliphatic rings. The molecule has 0 aliphatic carbocycles. The summed E-state index contributed by atoms with van der Waals surface area (Å²) in [6, 6.07) is 26.5. The maximum absolute atomic E-state index is 13.7. The predicted molar refractivity (Wildman–Crippen MR) is 135 cm³/mol. The van der Waals surface area contributed by atoms with Gasteiger partial charge in [0.2, 0.25) is 0 Å². The van der Waals surface area contributed by atoms with E-state index in [2.05, 4.69) is 24.0 Å². The topological polar surface area (TPSA) is 35.9 Å². The number of carbonyl (C=O) groups excluding carboxylic acids is 1. The van der Waals surface area contributed by atoms with Gasteiger partial charge >= 0.3 is 0 Å². The smallest absolute Gasteiger partial charge is 0.269 e. The first-order valence-corrected chi connectivity index (χ1v) is 12.3. The van der Waals surface area contributed by atoms with Crippen LogP contribution in [0.15, 0.2) is 98.7 Å². The Bertz CT molecular complexity index is 1240. The van der Waals surface area contributed by atoms with Crippen molar-refractivity contribution < 1.29 is 4.79 Å². The van der Waals surface area contributed by atoms with Gasteiger partial charge in [0.15, 0.2) is 5.17 Å². The van der Waals surface area contributed by atoms with Gasteiger partial charge < -0.3 is 4.90 Å². The molecule has 32 heavy (non-hydrogen) atoms. The van der Waals surface area contributed by atoms with E-state index in [-0.39, 0.29) is 5.91 Å². The summed E-state index contributed by atoms with van der Waals surface area (Å²) in [5, 5.41) is 1.72. The van der Waals surface area contributed by atoms with E-state index in [0.717, 1.165) is 44.1 Å². The van der Waals surface area contributed by atoms with Crippen LogP contribution in [-0.2, 0) is 11.3 Å². The Balaban J connectivity index is 1.58. The van der Waals surface area contributed by atoms with Crippen molar-refractivity contribution in [2.24, 2.45) is 4.99 Å². The number of nitrogens with zero attached hydrogens (tertiary/aromatic N) is 3. The average molecular weight is 458 g/mol. The van der Waals surface area contributed by atoms with Crippen LogP contribution in [0.2, 0.25) is 0 Å². The van der Waals surface area contributed by atoms with E-state index in [1.54, 1.807) is 11.8 Å². The maximum atomic E-state index is 13.7. The number of rotatable bonds is 4. The molecule has 5 rings (SSSR count). The highest BCUT2D eigenvalue weighted by Gasteiger charge is 2.39. The fraction of sp³-hybridized carbons (Fsp3) is 0.154. The summed E-state index contributed by atoms with van der Waals surface area (Å²) >= 11 is 3.15. The highest BCUT2D eigenvalue weighted by atomic mass is 32.2. The number of thioether (sulfide) groups is 2. The van der Waals surface area contributed by atoms with E-state index in [9.17, 15) is 4.79 Å². The molecule has 4 nitrogen and oxygen atoms in total. The van der Waals surface area contributed by atoms with Gasteiger partial charge in [-0.15, -0.1) is 0 Å². The van der Waals surface area contributed by atoms with Crippen LogP contribution < -0.4 is 4.90 Å². The number of para-hydroxylation sites is 2. The third kappa shape index (κ3) is 3.85. The number of hydrogen-bond donors (Lipinski definition) is 0. The lowest BCUT2D eigenvalue weighted by Gasteiger charge is -2.19. The summed E-state index contributed by atoms with van der Waals surface area (Å²) in [4.78, 5) is 24.6. The monoisotopic (exact) mass is 457 g/mol. The number of aliphatic imine (C=N–C) groups is 1. The molecule has 160 valence electrons. The number of carbonyl (C=O) groups is 1. The zero-order chi connectivity index (χ0) is 22.1. The van der Waals surface area contributed by atoms with Gasteiger partial charge in [0, 0.05) is 11.4 Å². The van der Waals surface area contributed by atoms with Gasteiger partial charge in [-0.25, -0.2) is 4.99 Å². The predicted octanol–water partition coefficient (Wildman–Crippen LogP) is 6.56. The van der Waals surface area contributed by atoms with Crippen molar-refractivity contribution in [2.45, 2.75) is 25.3 Å². The third-order valence-corrected chi connectivity index (χ3v) is 7.88. The highest BCUT2D eigenvalue weighted by Crippen LogP contribution is 2.50. The number of aryl methyl sites for hydroxylation is 1. The van der Waals surface area contributed by atoms with Gasteiger partial charge in [-0.05, 0) is 54.9 Å². The highest BCUT2D eigenvalue weighted by molar-refractivity contribution is 8.19. The lowest BCUT2D eigenvalue weighted by atomic mass is 10.2. The number of anilines is 1. The Kier molecular flexibility index (Phi) is 5.81. The molecule has 1 amide bonds. The quantitative estimate of drug-likeness (QED) is 0.416. The van der Waals surface area contributed by atoms with E-state index in [1.165, 1.54) is 16.7 Å². The SMILES string of the molecule is CCN1/C(=C2/SC(=Nc3ccccc3C)N(Cc3ccccc3)C2=O)Sc2ccccc21. The molecule has 0 N–H and O–H groups in total. The molecule has 0 saturated carbocycles. The van der Waals surface area contributed by atoms with Crippen molar-refractivity contribution in [1.29, 1.82) is 0 Å². The van der Waals surface area contributed by atoms with E-state index in [1.807, 2.05) is 78.6 Å².